The molecular weight excluding hydrogens is 100 g/mol. The van der Waals surface area contributed by atoms with Crippen LogP contribution in [-0.4, -0.2) is 11.7 Å². The molecule has 0 aromatic rings. The molecule has 8 heavy (non-hydrogen) atoms. The van der Waals surface area contributed by atoms with Crippen molar-refractivity contribution in [1.29, 1.82) is 0 Å². The van der Waals surface area contributed by atoms with Crippen molar-refractivity contribution in [2.45, 2.75) is 32.1 Å². The zero-order valence-corrected chi connectivity index (χ0v) is 5.19. The van der Waals surface area contributed by atoms with Crippen molar-refractivity contribution in [2.24, 2.45) is 0 Å². The summed E-state index contributed by atoms with van der Waals surface area (Å²) in [6.07, 6.45) is 6.21. The molecule has 1 radical (unpaired) electrons. The standard InChI is InChI=1S/C7H13O/c8-6-2-5-7-3-1-4-7/h8H,1-6H2. The highest BCUT2D eigenvalue weighted by molar-refractivity contribution is 4.97. The normalized spacial score (nSPS) is 20.6. The molecule has 47 valence electrons. The van der Waals surface area contributed by atoms with E-state index in [0.29, 0.717) is 6.61 Å². The second-order valence-corrected chi connectivity index (χ2v) is 2.43. The summed E-state index contributed by atoms with van der Waals surface area (Å²) in [7, 11) is 0. The highest BCUT2D eigenvalue weighted by Gasteiger charge is 2.16. The van der Waals surface area contributed by atoms with Crippen LogP contribution in [-0.2, 0) is 0 Å². The SMILES string of the molecule is OCCC[C]1CCC1. The van der Waals surface area contributed by atoms with Crippen LogP contribution in [0.4, 0.5) is 0 Å². The molecule has 1 aliphatic rings. The minimum absolute atomic E-state index is 0.365. The van der Waals surface area contributed by atoms with E-state index in [1.807, 2.05) is 0 Å². The Labute approximate surface area is 50.7 Å². The van der Waals surface area contributed by atoms with E-state index >= 15 is 0 Å². The van der Waals surface area contributed by atoms with Crippen molar-refractivity contribution in [2.75, 3.05) is 6.61 Å². The number of hydrogen-bond donors (Lipinski definition) is 1. The third-order valence-electron chi connectivity index (χ3n) is 1.75. The van der Waals surface area contributed by atoms with E-state index in [9.17, 15) is 0 Å². The van der Waals surface area contributed by atoms with Gasteiger partial charge in [-0.05, 0) is 31.6 Å². The first-order valence-corrected chi connectivity index (χ1v) is 3.38. The third kappa shape index (κ3) is 1.48. The van der Waals surface area contributed by atoms with Crippen molar-refractivity contribution < 1.29 is 5.11 Å². The van der Waals surface area contributed by atoms with Gasteiger partial charge in [0.25, 0.3) is 0 Å². The molecule has 0 heterocycles. The van der Waals surface area contributed by atoms with Crippen LogP contribution in [0, 0.1) is 5.92 Å². The van der Waals surface area contributed by atoms with Crippen LogP contribution in [0.3, 0.4) is 0 Å². The molecule has 0 aromatic heterocycles. The van der Waals surface area contributed by atoms with Crippen molar-refractivity contribution in [3.63, 3.8) is 0 Å². The Morgan fingerprint density at radius 3 is 2.50 bits per heavy atom. The molecule has 1 nitrogen and oxygen atoms in total. The van der Waals surface area contributed by atoms with E-state index in [-0.39, 0.29) is 0 Å². The minimum Gasteiger partial charge on any atom is -0.396 e. The molecule has 0 unspecified atom stereocenters. The van der Waals surface area contributed by atoms with E-state index in [1.165, 1.54) is 25.7 Å². The maximum atomic E-state index is 8.42. The van der Waals surface area contributed by atoms with Crippen molar-refractivity contribution in [3.05, 3.63) is 5.92 Å². The van der Waals surface area contributed by atoms with Crippen LogP contribution < -0.4 is 0 Å². The van der Waals surface area contributed by atoms with E-state index in [0.717, 1.165) is 6.42 Å². The Kier molecular flexibility index (Phi) is 2.34. The zero-order valence-electron chi connectivity index (χ0n) is 5.19. The van der Waals surface area contributed by atoms with Crippen molar-refractivity contribution >= 4 is 0 Å². The highest BCUT2D eigenvalue weighted by atomic mass is 16.2. The predicted molar refractivity (Wildman–Crippen MR) is 33.4 cm³/mol. The van der Waals surface area contributed by atoms with Gasteiger partial charge in [-0.25, -0.2) is 0 Å². The van der Waals surface area contributed by atoms with Crippen LogP contribution >= 0.6 is 0 Å². The molecule has 0 spiro atoms. The van der Waals surface area contributed by atoms with Crippen LogP contribution in [0.1, 0.15) is 32.1 Å². The van der Waals surface area contributed by atoms with Gasteiger partial charge < -0.3 is 5.11 Å². The summed E-state index contributed by atoms with van der Waals surface area (Å²) in [5.41, 5.74) is 0. The fourth-order valence-electron chi connectivity index (χ4n) is 1.01. The van der Waals surface area contributed by atoms with Crippen LogP contribution in [0.25, 0.3) is 0 Å². The van der Waals surface area contributed by atoms with Gasteiger partial charge in [0.15, 0.2) is 0 Å². The van der Waals surface area contributed by atoms with Gasteiger partial charge >= 0.3 is 0 Å². The first-order valence-electron chi connectivity index (χ1n) is 3.38. The van der Waals surface area contributed by atoms with Crippen LogP contribution in [0.2, 0.25) is 0 Å². The number of hydrogen-bond acceptors (Lipinski definition) is 1. The molecule has 0 aliphatic heterocycles. The number of rotatable bonds is 3. The molecule has 1 aliphatic carbocycles. The largest absolute Gasteiger partial charge is 0.396 e. The van der Waals surface area contributed by atoms with Crippen LogP contribution in [0.15, 0.2) is 0 Å². The van der Waals surface area contributed by atoms with Gasteiger partial charge in [-0.1, -0.05) is 6.42 Å². The molecule has 0 atom stereocenters. The molecule has 1 saturated carbocycles. The number of aliphatic hydroxyl groups excluding tert-OH is 1. The molecule has 1 fully saturated rings. The first-order chi connectivity index (χ1) is 3.93. The zero-order chi connectivity index (χ0) is 5.82. The summed E-state index contributed by atoms with van der Waals surface area (Å²) in [5, 5.41) is 8.42. The van der Waals surface area contributed by atoms with Crippen molar-refractivity contribution in [3.8, 4) is 0 Å². The van der Waals surface area contributed by atoms with Gasteiger partial charge in [0.1, 0.15) is 0 Å². The van der Waals surface area contributed by atoms with E-state index < -0.39 is 0 Å². The molecule has 0 amide bonds. The lowest BCUT2D eigenvalue weighted by Gasteiger charge is -2.23. The Morgan fingerprint density at radius 2 is 2.12 bits per heavy atom. The summed E-state index contributed by atoms with van der Waals surface area (Å²) in [5.74, 6) is 1.67. The third-order valence-corrected chi connectivity index (χ3v) is 1.75. The summed E-state index contributed by atoms with van der Waals surface area (Å²) in [6, 6.07) is 0. The fourth-order valence-corrected chi connectivity index (χ4v) is 1.01. The summed E-state index contributed by atoms with van der Waals surface area (Å²) < 4.78 is 0. The Morgan fingerprint density at radius 1 is 1.38 bits per heavy atom. The average molecular weight is 113 g/mol. The lowest BCUT2D eigenvalue weighted by Crippen LogP contribution is -2.08. The van der Waals surface area contributed by atoms with Crippen molar-refractivity contribution in [1.82, 2.24) is 0 Å². The van der Waals surface area contributed by atoms with Crippen LogP contribution in [0.5, 0.6) is 0 Å². The average Bonchev–Trinajstić information content (AvgIpc) is 1.63. The first kappa shape index (κ1) is 6.09. The van der Waals surface area contributed by atoms with E-state index in [4.69, 9.17) is 5.11 Å². The lowest BCUT2D eigenvalue weighted by molar-refractivity contribution is 0.280. The molecule has 0 saturated heterocycles. The predicted octanol–water partition coefficient (Wildman–Crippen LogP) is 1.52. The van der Waals surface area contributed by atoms with E-state index in [2.05, 4.69) is 0 Å². The maximum Gasteiger partial charge on any atom is 0.0431 e. The van der Waals surface area contributed by atoms with Gasteiger partial charge in [0, 0.05) is 6.61 Å². The van der Waals surface area contributed by atoms with Gasteiger partial charge in [-0.3, -0.25) is 0 Å². The summed E-state index contributed by atoms with van der Waals surface area (Å²) >= 11 is 0. The Hall–Kier alpha value is -0.0400. The topological polar surface area (TPSA) is 20.2 Å². The van der Waals surface area contributed by atoms with Gasteiger partial charge in [-0.15, -0.1) is 0 Å². The molecule has 1 rings (SSSR count). The fraction of sp³-hybridized carbons (Fsp3) is 0.857. The molecule has 1 N–H and O–H groups in total. The summed E-state index contributed by atoms with van der Waals surface area (Å²) in [6.45, 7) is 0.365. The van der Waals surface area contributed by atoms with Gasteiger partial charge in [-0.2, -0.15) is 0 Å². The molecular formula is C7H13O. The Bertz CT molecular complexity index is 57.4. The quantitative estimate of drug-likeness (QED) is 0.588. The van der Waals surface area contributed by atoms with Gasteiger partial charge in [0.05, 0.1) is 0 Å². The molecule has 0 bridgehead atoms. The second-order valence-electron chi connectivity index (χ2n) is 2.43. The highest BCUT2D eigenvalue weighted by Crippen LogP contribution is 2.32. The number of aliphatic hydroxyl groups is 1. The molecule has 0 aromatic carbocycles. The monoisotopic (exact) mass is 113 g/mol. The maximum absolute atomic E-state index is 8.42. The van der Waals surface area contributed by atoms with E-state index in [1.54, 1.807) is 5.92 Å². The minimum atomic E-state index is 0.365. The Balaban J connectivity index is 1.86. The second kappa shape index (κ2) is 3.08. The molecule has 1 heteroatoms. The summed E-state index contributed by atoms with van der Waals surface area (Å²) in [4.78, 5) is 0. The smallest absolute Gasteiger partial charge is 0.0431 e. The van der Waals surface area contributed by atoms with Gasteiger partial charge in [0.2, 0.25) is 0 Å². The lowest BCUT2D eigenvalue weighted by atomic mass is 9.82.